The van der Waals surface area contributed by atoms with Gasteiger partial charge < -0.3 is 10.1 Å². The van der Waals surface area contributed by atoms with Gasteiger partial charge in [0, 0.05) is 4.47 Å². The van der Waals surface area contributed by atoms with Crippen molar-refractivity contribution in [2.75, 3.05) is 13.2 Å². The Bertz CT molecular complexity index is 668. The van der Waals surface area contributed by atoms with E-state index in [9.17, 15) is 4.79 Å². The Labute approximate surface area is 143 Å². The quantitative estimate of drug-likeness (QED) is 0.772. The molecule has 0 saturated heterocycles. The summed E-state index contributed by atoms with van der Waals surface area (Å²) in [6, 6.07) is 11.2. The predicted molar refractivity (Wildman–Crippen MR) is 92.9 cm³/mol. The van der Waals surface area contributed by atoms with Crippen molar-refractivity contribution < 1.29 is 9.53 Å². The Balaban J connectivity index is 1.86. The molecule has 116 valence electrons. The molecule has 22 heavy (non-hydrogen) atoms. The predicted octanol–water partition coefficient (Wildman–Crippen LogP) is 4.53. The highest BCUT2D eigenvalue weighted by Gasteiger charge is 2.10. The smallest absolute Gasteiger partial charge is 0.252 e. The van der Waals surface area contributed by atoms with E-state index in [1.165, 1.54) is 0 Å². The lowest BCUT2D eigenvalue weighted by Crippen LogP contribution is -2.28. The van der Waals surface area contributed by atoms with Crippen molar-refractivity contribution in [2.45, 2.75) is 13.8 Å². The minimum absolute atomic E-state index is 0.213. The van der Waals surface area contributed by atoms with Gasteiger partial charge in [0.05, 0.1) is 17.1 Å². The van der Waals surface area contributed by atoms with Crippen LogP contribution < -0.4 is 10.1 Å². The van der Waals surface area contributed by atoms with Crippen LogP contribution in [0.5, 0.6) is 5.75 Å². The zero-order chi connectivity index (χ0) is 16.1. The molecule has 0 aliphatic carbocycles. The van der Waals surface area contributed by atoms with Gasteiger partial charge >= 0.3 is 0 Å². The van der Waals surface area contributed by atoms with E-state index < -0.39 is 0 Å². The second-order valence-corrected chi connectivity index (χ2v) is 6.37. The van der Waals surface area contributed by atoms with Gasteiger partial charge in [0.25, 0.3) is 5.91 Å². The molecule has 0 aromatic heterocycles. The van der Waals surface area contributed by atoms with E-state index in [4.69, 9.17) is 16.3 Å². The second kappa shape index (κ2) is 7.65. The van der Waals surface area contributed by atoms with Crippen molar-refractivity contribution in [2.24, 2.45) is 0 Å². The standard InChI is InChI=1S/C17H17BrClNO2/c1-11-7-12(2)9-14(8-11)22-6-5-20-17(21)15-10-13(18)3-4-16(15)19/h3-4,7-10H,5-6H2,1-2H3,(H,20,21). The summed E-state index contributed by atoms with van der Waals surface area (Å²) in [6.07, 6.45) is 0. The number of amides is 1. The molecule has 1 amide bonds. The van der Waals surface area contributed by atoms with Crippen molar-refractivity contribution in [3.8, 4) is 5.75 Å². The minimum Gasteiger partial charge on any atom is -0.492 e. The van der Waals surface area contributed by atoms with Crippen LogP contribution in [0.1, 0.15) is 21.5 Å². The topological polar surface area (TPSA) is 38.3 Å². The van der Waals surface area contributed by atoms with Crippen LogP contribution in [-0.4, -0.2) is 19.1 Å². The molecule has 0 radical (unpaired) electrons. The number of carbonyl (C=O) groups is 1. The van der Waals surface area contributed by atoms with Gasteiger partial charge in [-0.3, -0.25) is 4.79 Å². The summed E-state index contributed by atoms with van der Waals surface area (Å²) >= 11 is 9.35. The molecule has 0 bridgehead atoms. The van der Waals surface area contributed by atoms with E-state index in [-0.39, 0.29) is 5.91 Å². The second-order valence-electron chi connectivity index (χ2n) is 5.05. The summed E-state index contributed by atoms with van der Waals surface area (Å²) in [5.41, 5.74) is 2.75. The summed E-state index contributed by atoms with van der Waals surface area (Å²) in [7, 11) is 0. The normalized spacial score (nSPS) is 10.4. The first-order valence-electron chi connectivity index (χ1n) is 6.90. The number of aryl methyl sites for hydroxylation is 2. The van der Waals surface area contributed by atoms with E-state index in [0.717, 1.165) is 21.3 Å². The maximum atomic E-state index is 12.1. The monoisotopic (exact) mass is 381 g/mol. The highest BCUT2D eigenvalue weighted by atomic mass is 79.9. The molecule has 0 unspecified atom stereocenters. The molecule has 2 aromatic rings. The number of carbonyl (C=O) groups excluding carboxylic acids is 1. The molecule has 0 fully saturated rings. The zero-order valence-electron chi connectivity index (χ0n) is 12.5. The molecule has 0 heterocycles. The third-order valence-electron chi connectivity index (χ3n) is 3.02. The molecular weight excluding hydrogens is 366 g/mol. The van der Waals surface area contributed by atoms with Crippen LogP contribution in [-0.2, 0) is 0 Å². The average Bonchev–Trinajstić information content (AvgIpc) is 2.45. The Morgan fingerprint density at radius 3 is 2.55 bits per heavy atom. The first-order valence-corrected chi connectivity index (χ1v) is 8.07. The average molecular weight is 383 g/mol. The summed E-state index contributed by atoms with van der Waals surface area (Å²) in [4.78, 5) is 12.1. The van der Waals surface area contributed by atoms with Crippen molar-refractivity contribution >= 4 is 33.4 Å². The van der Waals surface area contributed by atoms with Crippen LogP contribution in [0.2, 0.25) is 5.02 Å². The molecule has 2 aromatic carbocycles. The van der Waals surface area contributed by atoms with Gasteiger partial charge in [0.1, 0.15) is 12.4 Å². The van der Waals surface area contributed by atoms with E-state index in [0.29, 0.717) is 23.7 Å². The Morgan fingerprint density at radius 2 is 1.86 bits per heavy atom. The fourth-order valence-corrected chi connectivity index (χ4v) is 2.68. The van der Waals surface area contributed by atoms with Gasteiger partial charge in [-0.25, -0.2) is 0 Å². The lowest BCUT2D eigenvalue weighted by Gasteiger charge is -2.10. The molecule has 0 aliphatic rings. The molecular formula is C17H17BrClNO2. The van der Waals surface area contributed by atoms with E-state index in [1.807, 2.05) is 26.0 Å². The lowest BCUT2D eigenvalue weighted by atomic mass is 10.1. The number of halogens is 2. The highest BCUT2D eigenvalue weighted by Crippen LogP contribution is 2.21. The summed E-state index contributed by atoms with van der Waals surface area (Å²) < 4.78 is 6.46. The Morgan fingerprint density at radius 1 is 1.18 bits per heavy atom. The van der Waals surface area contributed by atoms with Gasteiger partial charge in [0.15, 0.2) is 0 Å². The van der Waals surface area contributed by atoms with Crippen molar-refractivity contribution in [3.63, 3.8) is 0 Å². The molecule has 0 saturated carbocycles. The van der Waals surface area contributed by atoms with Crippen molar-refractivity contribution in [3.05, 3.63) is 62.6 Å². The fraction of sp³-hybridized carbons (Fsp3) is 0.235. The Kier molecular flexibility index (Phi) is 5.86. The van der Waals surface area contributed by atoms with Gasteiger partial charge in [-0.05, 0) is 55.3 Å². The molecule has 0 aliphatic heterocycles. The fourth-order valence-electron chi connectivity index (χ4n) is 2.12. The summed E-state index contributed by atoms with van der Waals surface area (Å²) in [5, 5.41) is 3.22. The van der Waals surface area contributed by atoms with Crippen LogP contribution in [0.15, 0.2) is 40.9 Å². The Hall–Kier alpha value is -1.52. The zero-order valence-corrected chi connectivity index (χ0v) is 14.8. The van der Waals surface area contributed by atoms with Crippen molar-refractivity contribution in [1.82, 2.24) is 5.32 Å². The molecule has 0 spiro atoms. The third kappa shape index (κ3) is 4.75. The van der Waals surface area contributed by atoms with Gasteiger partial charge in [-0.1, -0.05) is 33.6 Å². The number of benzene rings is 2. The SMILES string of the molecule is Cc1cc(C)cc(OCCNC(=O)c2cc(Br)ccc2Cl)c1. The summed E-state index contributed by atoms with van der Waals surface area (Å²) in [6.45, 7) is 4.86. The molecule has 5 heteroatoms. The number of hydrogen-bond acceptors (Lipinski definition) is 2. The van der Waals surface area contributed by atoms with Gasteiger partial charge in [-0.2, -0.15) is 0 Å². The minimum atomic E-state index is -0.213. The summed E-state index contributed by atoms with van der Waals surface area (Å²) in [5.74, 6) is 0.600. The molecule has 3 nitrogen and oxygen atoms in total. The maximum absolute atomic E-state index is 12.1. The van der Waals surface area contributed by atoms with E-state index in [1.54, 1.807) is 18.2 Å². The van der Waals surface area contributed by atoms with Gasteiger partial charge in [-0.15, -0.1) is 0 Å². The van der Waals surface area contributed by atoms with Crippen LogP contribution in [0.3, 0.4) is 0 Å². The van der Waals surface area contributed by atoms with Crippen LogP contribution in [0.25, 0.3) is 0 Å². The number of hydrogen-bond donors (Lipinski definition) is 1. The van der Waals surface area contributed by atoms with Crippen molar-refractivity contribution in [1.29, 1.82) is 0 Å². The van der Waals surface area contributed by atoms with Crippen LogP contribution in [0, 0.1) is 13.8 Å². The van der Waals surface area contributed by atoms with Crippen LogP contribution in [0.4, 0.5) is 0 Å². The number of nitrogens with one attached hydrogen (secondary N) is 1. The van der Waals surface area contributed by atoms with E-state index >= 15 is 0 Å². The molecule has 1 N–H and O–H groups in total. The largest absolute Gasteiger partial charge is 0.492 e. The lowest BCUT2D eigenvalue weighted by molar-refractivity contribution is 0.0947. The van der Waals surface area contributed by atoms with E-state index in [2.05, 4.69) is 27.3 Å². The highest BCUT2D eigenvalue weighted by molar-refractivity contribution is 9.10. The van der Waals surface area contributed by atoms with Gasteiger partial charge in [0.2, 0.25) is 0 Å². The maximum Gasteiger partial charge on any atom is 0.252 e. The first-order chi connectivity index (χ1) is 10.5. The molecule has 2 rings (SSSR count). The number of rotatable bonds is 5. The third-order valence-corrected chi connectivity index (χ3v) is 3.85. The number of ether oxygens (including phenoxy) is 1. The molecule has 0 atom stereocenters. The first kappa shape index (κ1) is 16.8. The van der Waals surface area contributed by atoms with Crippen LogP contribution >= 0.6 is 27.5 Å².